The summed E-state index contributed by atoms with van der Waals surface area (Å²) in [5, 5.41) is 4.89. The molecule has 6 rings (SSSR count). The molecule has 32 heavy (non-hydrogen) atoms. The predicted octanol–water partition coefficient (Wildman–Crippen LogP) is 6.25. The van der Waals surface area contributed by atoms with E-state index in [1.54, 1.807) is 11.8 Å². The molecule has 0 radical (unpaired) electrons. The molecule has 0 unspecified atom stereocenters. The second-order valence-corrected chi connectivity index (χ2v) is 9.52. The van der Waals surface area contributed by atoms with Crippen molar-refractivity contribution in [1.29, 1.82) is 0 Å². The molecule has 1 amide bonds. The van der Waals surface area contributed by atoms with Gasteiger partial charge in [0.25, 0.3) is 5.91 Å². The van der Waals surface area contributed by atoms with Crippen LogP contribution in [0.2, 0.25) is 5.02 Å². The second-order valence-electron chi connectivity index (χ2n) is 8.00. The molecule has 2 aliphatic rings. The summed E-state index contributed by atoms with van der Waals surface area (Å²) >= 11 is 7.58. The highest BCUT2D eigenvalue weighted by molar-refractivity contribution is 7.99. The maximum atomic E-state index is 13.3. The van der Waals surface area contributed by atoms with E-state index in [1.807, 2.05) is 65.6 Å². The van der Waals surface area contributed by atoms with Crippen molar-refractivity contribution in [2.24, 2.45) is 0 Å². The first kappa shape index (κ1) is 19.6. The molecule has 3 aromatic carbocycles. The number of hydrogen-bond donors (Lipinski definition) is 0. The van der Waals surface area contributed by atoms with E-state index < -0.39 is 0 Å². The minimum Gasteiger partial charge on any atom is -0.339 e. The van der Waals surface area contributed by atoms with Crippen LogP contribution in [0.1, 0.15) is 34.7 Å². The number of carbonyl (C=O) groups excluding carboxylic acids is 1. The fourth-order valence-electron chi connectivity index (χ4n) is 3.94. The van der Waals surface area contributed by atoms with Crippen molar-refractivity contribution in [1.82, 2.24) is 10.1 Å². The van der Waals surface area contributed by atoms with Crippen molar-refractivity contribution in [3.05, 3.63) is 88.8 Å². The molecule has 0 atom stereocenters. The molecule has 4 aromatic rings. The third-order valence-electron chi connectivity index (χ3n) is 5.68. The predicted molar refractivity (Wildman–Crippen MR) is 124 cm³/mol. The van der Waals surface area contributed by atoms with Gasteiger partial charge < -0.3 is 9.42 Å². The van der Waals surface area contributed by atoms with Crippen LogP contribution in [0.4, 0.5) is 5.69 Å². The molecule has 1 saturated carbocycles. The van der Waals surface area contributed by atoms with Crippen LogP contribution in [0, 0.1) is 0 Å². The zero-order valence-electron chi connectivity index (χ0n) is 17.0. The highest BCUT2D eigenvalue weighted by Crippen LogP contribution is 2.46. The number of fused-ring (bicyclic) bond motifs is 2. The molecular formula is C25H18ClN3O2S. The van der Waals surface area contributed by atoms with Gasteiger partial charge in [-0.3, -0.25) is 4.79 Å². The standard InChI is InChI=1S/C25H18ClN3O2S/c26-17-8-5-15(6-9-17)13-23-27-24(28-31-23)16-7-12-20-22(14-16)32-21-4-2-1-3-19(21)25(30)29(20)18-10-11-18/h1-9,12,14,18H,10-11,13H2. The Bertz CT molecular complexity index is 1330. The fraction of sp³-hybridized carbons (Fsp3) is 0.160. The number of hydrogen-bond acceptors (Lipinski definition) is 5. The molecule has 1 fully saturated rings. The van der Waals surface area contributed by atoms with Crippen LogP contribution in [-0.2, 0) is 6.42 Å². The summed E-state index contributed by atoms with van der Waals surface area (Å²) in [6, 6.07) is 21.7. The number of nitrogens with zero attached hydrogens (tertiary/aromatic N) is 3. The molecular weight excluding hydrogens is 442 g/mol. The van der Waals surface area contributed by atoms with Crippen LogP contribution >= 0.6 is 23.4 Å². The van der Waals surface area contributed by atoms with Gasteiger partial charge in [0.2, 0.25) is 11.7 Å². The molecule has 1 aliphatic heterocycles. The second kappa shape index (κ2) is 7.80. The monoisotopic (exact) mass is 459 g/mol. The van der Waals surface area contributed by atoms with Gasteiger partial charge in [0.1, 0.15) is 0 Å². The number of rotatable bonds is 4. The van der Waals surface area contributed by atoms with Gasteiger partial charge in [0.15, 0.2) is 0 Å². The van der Waals surface area contributed by atoms with Crippen LogP contribution < -0.4 is 4.90 Å². The highest BCUT2D eigenvalue weighted by atomic mass is 35.5. The van der Waals surface area contributed by atoms with E-state index in [2.05, 4.69) is 16.2 Å². The minimum atomic E-state index is 0.0758. The summed E-state index contributed by atoms with van der Waals surface area (Å²) in [7, 11) is 0. The topological polar surface area (TPSA) is 59.2 Å². The normalized spacial score (nSPS) is 15.3. The van der Waals surface area contributed by atoms with E-state index in [4.69, 9.17) is 16.1 Å². The maximum Gasteiger partial charge on any atom is 0.259 e. The molecule has 5 nitrogen and oxygen atoms in total. The Kier molecular flexibility index (Phi) is 4.77. The highest BCUT2D eigenvalue weighted by Gasteiger charge is 2.38. The first-order valence-corrected chi connectivity index (χ1v) is 11.7. The van der Waals surface area contributed by atoms with Gasteiger partial charge in [-0.05, 0) is 60.9 Å². The van der Waals surface area contributed by atoms with Gasteiger partial charge in [-0.15, -0.1) is 0 Å². The lowest BCUT2D eigenvalue weighted by Gasteiger charge is -2.22. The van der Waals surface area contributed by atoms with Crippen LogP contribution in [0.5, 0.6) is 0 Å². The Morgan fingerprint density at radius 3 is 2.66 bits per heavy atom. The molecule has 0 spiro atoms. The van der Waals surface area contributed by atoms with Gasteiger partial charge in [-0.1, -0.05) is 52.8 Å². The lowest BCUT2D eigenvalue weighted by atomic mass is 10.1. The van der Waals surface area contributed by atoms with Crippen molar-refractivity contribution < 1.29 is 9.32 Å². The molecule has 0 N–H and O–H groups in total. The van der Waals surface area contributed by atoms with E-state index in [-0.39, 0.29) is 11.9 Å². The van der Waals surface area contributed by atoms with Gasteiger partial charge in [0, 0.05) is 26.4 Å². The third-order valence-corrected chi connectivity index (χ3v) is 7.06. The van der Waals surface area contributed by atoms with E-state index in [1.165, 1.54) is 0 Å². The lowest BCUT2D eigenvalue weighted by Crippen LogP contribution is -2.32. The average molecular weight is 460 g/mol. The molecule has 0 bridgehead atoms. The average Bonchev–Trinajstić information content (AvgIpc) is 3.55. The van der Waals surface area contributed by atoms with Gasteiger partial charge >= 0.3 is 0 Å². The van der Waals surface area contributed by atoms with E-state index in [9.17, 15) is 4.79 Å². The van der Waals surface area contributed by atoms with E-state index in [0.717, 1.165) is 45.0 Å². The molecule has 2 heterocycles. The van der Waals surface area contributed by atoms with Crippen LogP contribution in [0.3, 0.4) is 0 Å². The quantitative estimate of drug-likeness (QED) is 0.360. The summed E-state index contributed by atoms with van der Waals surface area (Å²) in [5.41, 5.74) is 3.63. The Morgan fingerprint density at radius 1 is 1.03 bits per heavy atom. The fourth-order valence-corrected chi connectivity index (χ4v) is 5.17. The Labute approximate surface area is 194 Å². The molecule has 158 valence electrons. The van der Waals surface area contributed by atoms with Crippen LogP contribution in [0.15, 0.2) is 81.0 Å². The Balaban J connectivity index is 1.35. The maximum absolute atomic E-state index is 13.3. The van der Waals surface area contributed by atoms with Crippen molar-refractivity contribution >= 4 is 35.0 Å². The summed E-state index contributed by atoms with van der Waals surface area (Å²) in [6.45, 7) is 0. The van der Waals surface area contributed by atoms with Gasteiger partial charge in [-0.25, -0.2) is 0 Å². The largest absolute Gasteiger partial charge is 0.339 e. The first-order valence-electron chi connectivity index (χ1n) is 10.5. The van der Waals surface area contributed by atoms with E-state index >= 15 is 0 Å². The number of amides is 1. The summed E-state index contributed by atoms with van der Waals surface area (Å²) in [4.78, 5) is 21.8. The zero-order valence-corrected chi connectivity index (χ0v) is 18.6. The number of carbonyl (C=O) groups is 1. The van der Waals surface area contributed by atoms with Crippen molar-refractivity contribution in [2.75, 3.05) is 4.90 Å². The lowest BCUT2D eigenvalue weighted by molar-refractivity contribution is 0.0982. The van der Waals surface area contributed by atoms with Crippen molar-refractivity contribution in [3.63, 3.8) is 0 Å². The van der Waals surface area contributed by atoms with E-state index in [0.29, 0.717) is 23.2 Å². The number of anilines is 1. The summed E-state index contributed by atoms with van der Waals surface area (Å²) in [6.07, 6.45) is 2.62. The SMILES string of the molecule is O=C1c2ccccc2Sc2cc(-c3noc(Cc4ccc(Cl)cc4)n3)ccc2N1C1CC1. The smallest absolute Gasteiger partial charge is 0.259 e. The number of benzene rings is 3. The van der Waals surface area contributed by atoms with Crippen LogP contribution in [0.25, 0.3) is 11.4 Å². The zero-order chi connectivity index (χ0) is 21.7. The molecule has 1 aliphatic carbocycles. The summed E-state index contributed by atoms with van der Waals surface area (Å²) < 4.78 is 5.50. The molecule has 0 saturated heterocycles. The number of halogens is 1. The minimum absolute atomic E-state index is 0.0758. The molecule has 1 aromatic heterocycles. The van der Waals surface area contributed by atoms with Gasteiger partial charge in [-0.2, -0.15) is 4.98 Å². The van der Waals surface area contributed by atoms with Gasteiger partial charge in [0.05, 0.1) is 17.7 Å². The first-order chi connectivity index (χ1) is 15.7. The Morgan fingerprint density at radius 2 is 1.84 bits per heavy atom. The van der Waals surface area contributed by atoms with Crippen LogP contribution in [-0.4, -0.2) is 22.1 Å². The molecule has 7 heteroatoms. The Hall–Kier alpha value is -3.09. The third kappa shape index (κ3) is 3.59. The summed E-state index contributed by atoms with van der Waals surface area (Å²) in [5.74, 6) is 1.16. The van der Waals surface area contributed by atoms with Crippen molar-refractivity contribution in [2.45, 2.75) is 35.1 Å². The number of aromatic nitrogens is 2. The van der Waals surface area contributed by atoms with Crippen molar-refractivity contribution in [3.8, 4) is 11.4 Å².